The average Bonchev–Trinajstić information content (AvgIpc) is 2.89. The van der Waals surface area contributed by atoms with Gasteiger partial charge in [-0.2, -0.15) is 5.10 Å². The van der Waals surface area contributed by atoms with Gasteiger partial charge in [0.05, 0.1) is 12.2 Å². The van der Waals surface area contributed by atoms with Crippen molar-refractivity contribution < 1.29 is 9.18 Å². The third-order valence-electron chi connectivity index (χ3n) is 3.52. The second kappa shape index (κ2) is 6.60. The molecule has 2 N–H and O–H groups in total. The van der Waals surface area contributed by atoms with Crippen molar-refractivity contribution in [2.75, 3.05) is 0 Å². The van der Waals surface area contributed by atoms with Crippen LogP contribution in [0.3, 0.4) is 0 Å². The summed E-state index contributed by atoms with van der Waals surface area (Å²) in [7, 11) is 1.83. The summed E-state index contributed by atoms with van der Waals surface area (Å²) in [5.74, 6) is -0.196. The maximum Gasteiger partial charge on any atom is 0.315 e. The Bertz CT molecular complexity index is 658. The van der Waals surface area contributed by atoms with Crippen LogP contribution >= 0.6 is 0 Å². The van der Waals surface area contributed by atoms with E-state index >= 15 is 0 Å². The molecule has 0 unspecified atom stereocenters. The SMILES string of the molecule is Cc1cc(CNC(=O)N[C@H](C)c2cnn(C)c2)cc(C)c1F. The summed E-state index contributed by atoms with van der Waals surface area (Å²) in [5.41, 5.74) is 2.98. The molecule has 1 aromatic heterocycles. The van der Waals surface area contributed by atoms with Gasteiger partial charge in [0.15, 0.2) is 0 Å². The monoisotopic (exact) mass is 304 g/mol. The van der Waals surface area contributed by atoms with Crippen LogP contribution in [0.2, 0.25) is 0 Å². The molecule has 1 aromatic carbocycles. The number of rotatable bonds is 4. The molecule has 0 radical (unpaired) electrons. The van der Waals surface area contributed by atoms with Gasteiger partial charge in [0.2, 0.25) is 0 Å². The molecule has 0 aliphatic rings. The molecular weight excluding hydrogens is 283 g/mol. The molecular formula is C16H21FN4O. The maximum absolute atomic E-state index is 13.6. The first-order chi connectivity index (χ1) is 10.4. The van der Waals surface area contributed by atoms with E-state index in [2.05, 4.69) is 15.7 Å². The van der Waals surface area contributed by atoms with Gasteiger partial charge in [0, 0.05) is 25.4 Å². The van der Waals surface area contributed by atoms with Crippen molar-refractivity contribution in [1.29, 1.82) is 0 Å². The Balaban J connectivity index is 1.90. The topological polar surface area (TPSA) is 59.0 Å². The molecule has 2 rings (SSSR count). The smallest absolute Gasteiger partial charge is 0.315 e. The molecule has 22 heavy (non-hydrogen) atoms. The summed E-state index contributed by atoms with van der Waals surface area (Å²) in [5, 5.41) is 9.70. The molecule has 2 aromatic rings. The number of carbonyl (C=O) groups is 1. The Morgan fingerprint density at radius 3 is 2.55 bits per heavy atom. The highest BCUT2D eigenvalue weighted by molar-refractivity contribution is 5.74. The van der Waals surface area contributed by atoms with Gasteiger partial charge in [0.25, 0.3) is 0 Å². The lowest BCUT2D eigenvalue weighted by atomic mass is 10.1. The van der Waals surface area contributed by atoms with Crippen LogP contribution in [0.25, 0.3) is 0 Å². The standard InChI is InChI=1S/C16H21FN4O/c1-10-5-13(6-11(2)15(10)17)7-18-16(22)20-12(3)14-8-19-21(4)9-14/h5-6,8-9,12H,7H2,1-4H3,(H2,18,20,22)/t12-/m1/s1. The van der Waals surface area contributed by atoms with Gasteiger partial charge in [-0.1, -0.05) is 12.1 Å². The largest absolute Gasteiger partial charge is 0.334 e. The van der Waals surface area contributed by atoms with Crippen LogP contribution in [-0.4, -0.2) is 15.8 Å². The average molecular weight is 304 g/mol. The zero-order valence-electron chi connectivity index (χ0n) is 13.3. The van der Waals surface area contributed by atoms with Gasteiger partial charge in [-0.05, 0) is 37.5 Å². The molecule has 0 bridgehead atoms. The highest BCUT2D eigenvalue weighted by Gasteiger charge is 2.11. The first kappa shape index (κ1) is 16.0. The predicted octanol–water partition coefficient (Wildman–Crippen LogP) is 2.74. The molecule has 0 saturated carbocycles. The van der Waals surface area contributed by atoms with E-state index in [0.29, 0.717) is 17.7 Å². The van der Waals surface area contributed by atoms with E-state index in [-0.39, 0.29) is 17.9 Å². The molecule has 0 aliphatic carbocycles. The van der Waals surface area contributed by atoms with Crippen molar-refractivity contribution in [3.63, 3.8) is 0 Å². The Morgan fingerprint density at radius 2 is 2.00 bits per heavy atom. The minimum atomic E-state index is -0.268. The van der Waals surface area contributed by atoms with E-state index in [1.807, 2.05) is 20.2 Å². The van der Waals surface area contributed by atoms with Crippen LogP contribution in [0.5, 0.6) is 0 Å². The number of benzene rings is 1. The number of hydrogen-bond donors (Lipinski definition) is 2. The first-order valence-corrected chi connectivity index (χ1v) is 7.15. The fourth-order valence-corrected chi connectivity index (χ4v) is 2.31. The minimum Gasteiger partial charge on any atom is -0.334 e. The molecule has 1 heterocycles. The summed E-state index contributed by atoms with van der Waals surface area (Å²) in [6, 6.07) is 3.08. The highest BCUT2D eigenvalue weighted by Crippen LogP contribution is 2.14. The molecule has 0 spiro atoms. The summed E-state index contributed by atoms with van der Waals surface area (Å²) in [4.78, 5) is 11.9. The van der Waals surface area contributed by atoms with E-state index in [9.17, 15) is 9.18 Å². The van der Waals surface area contributed by atoms with Gasteiger partial charge < -0.3 is 10.6 Å². The van der Waals surface area contributed by atoms with Gasteiger partial charge in [-0.3, -0.25) is 4.68 Å². The van der Waals surface area contributed by atoms with Crippen molar-refractivity contribution in [3.05, 3.63) is 52.6 Å². The lowest BCUT2D eigenvalue weighted by Gasteiger charge is -2.14. The molecule has 0 fully saturated rings. The highest BCUT2D eigenvalue weighted by atomic mass is 19.1. The number of nitrogens with one attached hydrogen (secondary N) is 2. The molecule has 0 aliphatic heterocycles. The number of aryl methyl sites for hydroxylation is 3. The Hall–Kier alpha value is -2.37. The van der Waals surface area contributed by atoms with Crippen molar-refractivity contribution in [2.45, 2.75) is 33.4 Å². The summed E-state index contributed by atoms with van der Waals surface area (Å²) in [6.07, 6.45) is 3.58. The molecule has 2 amide bonds. The number of carbonyl (C=O) groups excluding carboxylic acids is 1. The zero-order valence-corrected chi connectivity index (χ0v) is 13.3. The Morgan fingerprint density at radius 1 is 1.36 bits per heavy atom. The van der Waals surface area contributed by atoms with Crippen LogP contribution in [0.1, 0.15) is 35.2 Å². The number of urea groups is 1. The van der Waals surface area contributed by atoms with Crippen LogP contribution in [0.15, 0.2) is 24.5 Å². The minimum absolute atomic E-state index is 0.134. The van der Waals surface area contributed by atoms with Crippen molar-refractivity contribution in [2.24, 2.45) is 7.05 Å². The fourth-order valence-electron chi connectivity index (χ4n) is 2.31. The second-order valence-corrected chi connectivity index (χ2v) is 5.54. The fraction of sp³-hybridized carbons (Fsp3) is 0.375. The van der Waals surface area contributed by atoms with Gasteiger partial charge in [0.1, 0.15) is 5.82 Å². The zero-order chi connectivity index (χ0) is 16.3. The van der Waals surface area contributed by atoms with Crippen LogP contribution in [0.4, 0.5) is 9.18 Å². The summed E-state index contributed by atoms with van der Waals surface area (Å²) < 4.78 is 15.3. The molecule has 6 heteroatoms. The number of halogens is 1. The summed E-state index contributed by atoms with van der Waals surface area (Å²) in [6.45, 7) is 5.68. The summed E-state index contributed by atoms with van der Waals surface area (Å²) >= 11 is 0. The van der Waals surface area contributed by atoms with Gasteiger partial charge in [-0.15, -0.1) is 0 Å². The molecule has 5 nitrogen and oxygen atoms in total. The normalized spacial score (nSPS) is 12.0. The lowest BCUT2D eigenvalue weighted by Crippen LogP contribution is -2.36. The number of aromatic nitrogens is 2. The van der Waals surface area contributed by atoms with E-state index in [1.54, 1.807) is 36.9 Å². The second-order valence-electron chi connectivity index (χ2n) is 5.54. The van der Waals surface area contributed by atoms with E-state index in [1.165, 1.54) is 0 Å². The van der Waals surface area contributed by atoms with Crippen molar-refractivity contribution >= 4 is 6.03 Å². The maximum atomic E-state index is 13.6. The lowest BCUT2D eigenvalue weighted by molar-refractivity contribution is 0.237. The third kappa shape index (κ3) is 3.84. The van der Waals surface area contributed by atoms with Crippen molar-refractivity contribution in [3.8, 4) is 0 Å². The first-order valence-electron chi connectivity index (χ1n) is 7.15. The third-order valence-corrected chi connectivity index (χ3v) is 3.52. The number of nitrogens with zero attached hydrogens (tertiary/aromatic N) is 2. The molecule has 1 atom stereocenters. The van der Waals surface area contributed by atoms with Crippen molar-refractivity contribution in [1.82, 2.24) is 20.4 Å². The predicted molar refractivity (Wildman–Crippen MR) is 82.9 cm³/mol. The van der Waals surface area contributed by atoms with Crippen LogP contribution in [0, 0.1) is 19.7 Å². The molecule has 118 valence electrons. The van der Waals surface area contributed by atoms with E-state index in [4.69, 9.17) is 0 Å². The quantitative estimate of drug-likeness (QED) is 0.912. The Kier molecular flexibility index (Phi) is 4.80. The van der Waals surface area contributed by atoms with Crippen LogP contribution in [-0.2, 0) is 13.6 Å². The number of hydrogen-bond acceptors (Lipinski definition) is 2. The van der Waals surface area contributed by atoms with Crippen LogP contribution < -0.4 is 10.6 Å². The Labute approximate surface area is 129 Å². The van der Waals surface area contributed by atoms with Gasteiger partial charge in [-0.25, -0.2) is 9.18 Å². The van der Waals surface area contributed by atoms with E-state index in [0.717, 1.165) is 11.1 Å². The number of amides is 2. The van der Waals surface area contributed by atoms with E-state index < -0.39 is 0 Å². The van der Waals surface area contributed by atoms with Gasteiger partial charge >= 0.3 is 6.03 Å². The molecule has 0 saturated heterocycles.